The molecule has 0 spiro atoms. The summed E-state index contributed by atoms with van der Waals surface area (Å²) in [6, 6.07) is 57.1. The minimum atomic E-state index is 0.328. The van der Waals surface area contributed by atoms with E-state index in [1.165, 1.54) is 0 Å². The number of para-hydroxylation sites is 3. The molecule has 7 aromatic carbocycles. The first-order valence-electron chi connectivity index (χ1n) is 17.7. The topological polar surface area (TPSA) is 75.0 Å². The molecule has 0 amide bonds. The third-order valence-electron chi connectivity index (χ3n) is 9.87. The summed E-state index contributed by atoms with van der Waals surface area (Å²) < 4.78 is 2.12. The predicted octanol–water partition coefficient (Wildman–Crippen LogP) is 12.3. The maximum Gasteiger partial charge on any atom is 0.200 e. The third kappa shape index (κ3) is 5.40. The monoisotopic (exact) mass is 721 g/mol. The standard InChI is InChI=1S/C47H27N7S/c1-49-37-27-40(32(29-48)25-36(37)47-51-45(30-15-5-2-6-16-30)50-46(52-47)31-17-7-3-8-18-31)54-38-22-12-11-21-34(38)35-26-42-44(28-41(35)54)55-43-24-14-13-23-39(43)53(42)33-19-9-4-10-20-33/h2-28H. The van der Waals surface area contributed by atoms with Crippen molar-refractivity contribution in [2.45, 2.75) is 9.79 Å². The van der Waals surface area contributed by atoms with E-state index in [4.69, 9.17) is 21.5 Å². The lowest BCUT2D eigenvalue weighted by atomic mass is 10.0. The van der Waals surface area contributed by atoms with Crippen LogP contribution in [-0.4, -0.2) is 19.5 Å². The molecule has 0 aliphatic carbocycles. The van der Waals surface area contributed by atoms with Gasteiger partial charge in [-0.05, 0) is 54.6 Å². The van der Waals surface area contributed by atoms with Gasteiger partial charge in [0.2, 0.25) is 0 Å². The summed E-state index contributed by atoms with van der Waals surface area (Å²) in [5.74, 6) is 1.30. The van der Waals surface area contributed by atoms with Crippen LogP contribution in [0.25, 0.3) is 66.5 Å². The molecular weight excluding hydrogens is 695 g/mol. The van der Waals surface area contributed by atoms with Gasteiger partial charge in [-0.3, -0.25) is 0 Å². The van der Waals surface area contributed by atoms with Crippen LogP contribution in [0.15, 0.2) is 174 Å². The molecule has 7 nitrogen and oxygen atoms in total. The van der Waals surface area contributed by atoms with E-state index in [9.17, 15) is 5.26 Å². The molecule has 9 aromatic rings. The van der Waals surface area contributed by atoms with Crippen molar-refractivity contribution in [1.29, 1.82) is 5.26 Å². The van der Waals surface area contributed by atoms with Gasteiger partial charge >= 0.3 is 0 Å². The van der Waals surface area contributed by atoms with E-state index in [0.717, 1.165) is 59.8 Å². The van der Waals surface area contributed by atoms with Gasteiger partial charge in [0, 0.05) is 42.9 Å². The van der Waals surface area contributed by atoms with Gasteiger partial charge in [-0.25, -0.2) is 19.8 Å². The largest absolute Gasteiger partial charge is 0.309 e. The van der Waals surface area contributed by atoms with Crippen molar-refractivity contribution in [3.05, 3.63) is 181 Å². The summed E-state index contributed by atoms with van der Waals surface area (Å²) in [7, 11) is 0. The zero-order valence-electron chi connectivity index (χ0n) is 29.1. The maximum absolute atomic E-state index is 10.8. The van der Waals surface area contributed by atoms with Crippen LogP contribution in [-0.2, 0) is 0 Å². The van der Waals surface area contributed by atoms with Crippen LogP contribution in [0, 0.1) is 17.9 Å². The highest BCUT2D eigenvalue weighted by molar-refractivity contribution is 7.99. The SMILES string of the molecule is [C-]#[N+]c1cc(-n2c3ccccc3c3cc4c(cc32)Sc2ccccc2N4c2ccccc2)c(C#N)cc1-c1nc(-c2ccccc2)nc(-c2ccccc2)n1. The molecule has 0 bridgehead atoms. The molecular formula is C47H27N7S. The van der Waals surface area contributed by atoms with Gasteiger partial charge in [0.25, 0.3) is 0 Å². The first-order chi connectivity index (χ1) is 27.2. The fourth-order valence-electron chi connectivity index (χ4n) is 7.38. The number of anilines is 3. The van der Waals surface area contributed by atoms with Crippen molar-refractivity contribution in [1.82, 2.24) is 19.5 Å². The quantitative estimate of drug-likeness (QED) is 0.165. The van der Waals surface area contributed by atoms with E-state index in [1.807, 2.05) is 78.9 Å². The highest BCUT2D eigenvalue weighted by Gasteiger charge is 2.28. The van der Waals surface area contributed by atoms with Crippen LogP contribution < -0.4 is 4.90 Å². The summed E-state index contributed by atoms with van der Waals surface area (Å²) in [5, 5.41) is 12.9. The average molecular weight is 722 g/mol. The Labute approximate surface area is 321 Å². The highest BCUT2D eigenvalue weighted by Crippen LogP contribution is 2.53. The molecule has 8 heteroatoms. The molecule has 3 heterocycles. The molecule has 0 N–H and O–H groups in total. The van der Waals surface area contributed by atoms with Crippen molar-refractivity contribution in [3.63, 3.8) is 0 Å². The lowest BCUT2D eigenvalue weighted by Crippen LogP contribution is -2.14. The van der Waals surface area contributed by atoms with Crippen LogP contribution in [0.5, 0.6) is 0 Å². The molecule has 0 radical (unpaired) electrons. The highest BCUT2D eigenvalue weighted by atomic mass is 32.2. The lowest BCUT2D eigenvalue weighted by Gasteiger charge is -2.33. The third-order valence-corrected chi connectivity index (χ3v) is 11.0. The van der Waals surface area contributed by atoms with Crippen LogP contribution in [0.3, 0.4) is 0 Å². The van der Waals surface area contributed by atoms with Gasteiger partial charge in [-0.1, -0.05) is 121 Å². The molecule has 0 fully saturated rings. The Morgan fingerprint density at radius 1 is 0.545 bits per heavy atom. The molecule has 0 atom stereocenters. The van der Waals surface area contributed by atoms with Gasteiger partial charge in [-0.2, -0.15) is 5.26 Å². The number of nitrogens with zero attached hydrogens (tertiary/aromatic N) is 7. The van der Waals surface area contributed by atoms with Gasteiger partial charge in [0.1, 0.15) is 6.07 Å². The zero-order chi connectivity index (χ0) is 36.9. The summed E-state index contributed by atoms with van der Waals surface area (Å²) in [6.07, 6.45) is 0. The number of rotatable bonds is 5. The van der Waals surface area contributed by atoms with Crippen molar-refractivity contribution in [2.24, 2.45) is 0 Å². The minimum Gasteiger partial charge on any atom is -0.309 e. The van der Waals surface area contributed by atoms with Crippen LogP contribution >= 0.6 is 11.8 Å². The Morgan fingerprint density at radius 2 is 1.16 bits per heavy atom. The van der Waals surface area contributed by atoms with E-state index < -0.39 is 0 Å². The number of hydrogen-bond acceptors (Lipinski definition) is 6. The molecule has 10 rings (SSSR count). The molecule has 1 aliphatic heterocycles. The molecule has 55 heavy (non-hydrogen) atoms. The number of hydrogen-bond donors (Lipinski definition) is 0. The van der Waals surface area contributed by atoms with Gasteiger partial charge < -0.3 is 9.47 Å². The Kier molecular flexibility index (Phi) is 7.69. The summed E-state index contributed by atoms with van der Waals surface area (Å²) >= 11 is 1.73. The second kappa shape index (κ2) is 13.2. The van der Waals surface area contributed by atoms with E-state index >= 15 is 0 Å². The average Bonchev–Trinajstić information content (AvgIpc) is 3.57. The Bertz CT molecular complexity index is 2980. The second-order valence-corrected chi connectivity index (χ2v) is 14.2. The fourth-order valence-corrected chi connectivity index (χ4v) is 8.46. The number of aromatic nitrogens is 4. The molecule has 0 unspecified atom stereocenters. The van der Waals surface area contributed by atoms with Crippen LogP contribution in [0.1, 0.15) is 5.56 Å². The normalized spacial score (nSPS) is 11.9. The zero-order valence-corrected chi connectivity index (χ0v) is 29.9. The summed E-state index contributed by atoms with van der Waals surface area (Å²) in [6.45, 7) is 8.40. The minimum absolute atomic E-state index is 0.328. The van der Waals surface area contributed by atoms with Gasteiger partial charge in [0.05, 0.1) is 40.2 Å². The van der Waals surface area contributed by atoms with E-state index in [2.05, 4.69) is 93.2 Å². The van der Waals surface area contributed by atoms with Crippen molar-refractivity contribution >= 4 is 56.3 Å². The van der Waals surface area contributed by atoms with Crippen LogP contribution in [0.4, 0.5) is 22.7 Å². The second-order valence-electron chi connectivity index (χ2n) is 13.1. The number of benzene rings is 7. The lowest BCUT2D eigenvalue weighted by molar-refractivity contribution is 1.07. The van der Waals surface area contributed by atoms with Gasteiger partial charge in [-0.15, -0.1) is 0 Å². The number of fused-ring (bicyclic) bond motifs is 5. The van der Waals surface area contributed by atoms with E-state index in [0.29, 0.717) is 40.0 Å². The summed E-state index contributed by atoms with van der Waals surface area (Å²) in [4.78, 5) is 23.2. The molecule has 2 aromatic heterocycles. The fraction of sp³-hybridized carbons (Fsp3) is 0. The first-order valence-corrected chi connectivity index (χ1v) is 18.5. The van der Waals surface area contributed by atoms with Gasteiger partial charge in [0.15, 0.2) is 23.2 Å². The van der Waals surface area contributed by atoms with E-state index in [-0.39, 0.29) is 0 Å². The smallest absolute Gasteiger partial charge is 0.200 e. The Balaban J connectivity index is 1.20. The molecule has 256 valence electrons. The van der Waals surface area contributed by atoms with E-state index in [1.54, 1.807) is 23.9 Å². The predicted molar refractivity (Wildman–Crippen MR) is 220 cm³/mol. The molecule has 0 saturated heterocycles. The van der Waals surface area contributed by atoms with Crippen molar-refractivity contribution in [3.8, 4) is 45.9 Å². The Hall–Kier alpha value is -7.52. The van der Waals surface area contributed by atoms with Crippen LogP contribution in [0.2, 0.25) is 0 Å². The number of nitriles is 1. The maximum atomic E-state index is 10.8. The summed E-state index contributed by atoms with van der Waals surface area (Å²) in [5.41, 5.74) is 8.63. The molecule has 0 saturated carbocycles. The molecule has 1 aliphatic rings. The van der Waals surface area contributed by atoms with Crippen molar-refractivity contribution < 1.29 is 0 Å². The van der Waals surface area contributed by atoms with Crippen molar-refractivity contribution in [2.75, 3.05) is 4.90 Å². The Morgan fingerprint density at radius 3 is 1.85 bits per heavy atom. The first kappa shape index (κ1) is 32.2.